The summed E-state index contributed by atoms with van der Waals surface area (Å²) in [5.74, 6) is 0.835. The van der Waals surface area contributed by atoms with Crippen molar-refractivity contribution in [2.45, 2.75) is 52.5 Å². The van der Waals surface area contributed by atoms with Gasteiger partial charge in [-0.05, 0) is 45.6 Å². The van der Waals surface area contributed by atoms with Gasteiger partial charge in [-0.25, -0.2) is 4.98 Å². The van der Waals surface area contributed by atoms with Crippen LogP contribution in [-0.4, -0.2) is 53.4 Å². The number of aliphatic imine (C=N–C) groups is 1. The third kappa shape index (κ3) is 5.04. The van der Waals surface area contributed by atoms with Crippen LogP contribution >= 0.6 is 11.3 Å². The molecule has 0 amide bonds. The number of hydrogen-bond acceptors (Lipinski definition) is 5. The summed E-state index contributed by atoms with van der Waals surface area (Å²) in [7, 11) is 3.81. The molecule has 2 aromatic rings. The Kier molecular flexibility index (Phi) is 6.93. The van der Waals surface area contributed by atoms with Gasteiger partial charge in [0.2, 0.25) is 0 Å². The number of nitrogens with zero attached hydrogens (tertiary/aromatic N) is 5. The van der Waals surface area contributed by atoms with E-state index in [1.165, 1.54) is 29.2 Å². The van der Waals surface area contributed by atoms with Crippen LogP contribution in [0.1, 0.15) is 42.4 Å². The highest BCUT2D eigenvalue weighted by atomic mass is 32.1. The molecule has 2 aromatic heterocycles. The van der Waals surface area contributed by atoms with E-state index in [9.17, 15) is 0 Å². The first-order valence-electron chi connectivity index (χ1n) is 10.1. The lowest BCUT2D eigenvalue weighted by Gasteiger charge is -2.18. The Bertz CT molecular complexity index is 802. The molecule has 2 N–H and O–H groups in total. The van der Waals surface area contributed by atoms with Crippen molar-refractivity contribution in [2.24, 2.45) is 12.0 Å². The molecule has 3 heterocycles. The van der Waals surface area contributed by atoms with E-state index in [1.54, 1.807) is 11.3 Å². The van der Waals surface area contributed by atoms with Crippen LogP contribution < -0.4 is 15.5 Å². The molecule has 1 saturated heterocycles. The van der Waals surface area contributed by atoms with Crippen LogP contribution in [0, 0.1) is 13.8 Å². The molecule has 8 heteroatoms. The molecule has 154 valence electrons. The Morgan fingerprint density at radius 2 is 2.07 bits per heavy atom. The van der Waals surface area contributed by atoms with E-state index in [0.29, 0.717) is 0 Å². The Morgan fingerprint density at radius 1 is 1.32 bits per heavy atom. The third-order valence-electron chi connectivity index (χ3n) is 5.37. The lowest BCUT2D eigenvalue weighted by molar-refractivity contribution is 0.634. The summed E-state index contributed by atoms with van der Waals surface area (Å²) in [6, 6.07) is 0.272. The third-order valence-corrected chi connectivity index (χ3v) is 6.32. The molecule has 0 saturated carbocycles. The topological polar surface area (TPSA) is 70.4 Å². The number of hydrogen-bond donors (Lipinski definition) is 2. The molecule has 0 aromatic carbocycles. The predicted molar refractivity (Wildman–Crippen MR) is 118 cm³/mol. The van der Waals surface area contributed by atoms with Gasteiger partial charge in [0.1, 0.15) is 0 Å². The van der Waals surface area contributed by atoms with Gasteiger partial charge in [-0.1, -0.05) is 0 Å². The average Bonchev–Trinajstić information content (AvgIpc) is 3.39. The summed E-state index contributed by atoms with van der Waals surface area (Å²) < 4.78 is 1.95. The largest absolute Gasteiger partial charge is 0.356 e. The Hall–Kier alpha value is -2.09. The molecule has 1 unspecified atom stereocenters. The molecule has 28 heavy (non-hydrogen) atoms. The van der Waals surface area contributed by atoms with Crippen LogP contribution in [0.5, 0.6) is 0 Å². The molecule has 1 atom stereocenters. The lowest BCUT2D eigenvalue weighted by Crippen LogP contribution is -2.43. The quantitative estimate of drug-likeness (QED) is 0.549. The summed E-state index contributed by atoms with van der Waals surface area (Å²) in [4.78, 5) is 11.6. The van der Waals surface area contributed by atoms with Gasteiger partial charge in [0.15, 0.2) is 11.1 Å². The van der Waals surface area contributed by atoms with Crippen LogP contribution in [0.4, 0.5) is 5.13 Å². The van der Waals surface area contributed by atoms with Crippen LogP contribution in [0.25, 0.3) is 0 Å². The molecule has 7 nitrogen and oxygen atoms in total. The zero-order chi connectivity index (χ0) is 20.1. The van der Waals surface area contributed by atoms with Gasteiger partial charge in [0.25, 0.3) is 0 Å². The molecule has 0 aliphatic carbocycles. The first-order valence-corrected chi connectivity index (χ1v) is 11.0. The van der Waals surface area contributed by atoms with Crippen LogP contribution in [0.15, 0.2) is 10.4 Å². The zero-order valence-electron chi connectivity index (χ0n) is 17.7. The van der Waals surface area contributed by atoms with Crippen LogP contribution in [-0.2, 0) is 19.9 Å². The van der Waals surface area contributed by atoms with Crippen molar-refractivity contribution in [3.05, 3.63) is 28.0 Å². The number of aromatic nitrogens is 3. The molecule has 0 spiro atoms. The van der Waals surface area contributed by atoms with Gasteiger partial charge in [-0.15, -0.1) is 11.3 Å². The molecule has 3 rings (SSSR count). The standard InChI is InChI=1S/C20H33N7S/c1-14(12-18-15(2)25-26(5)16(18)3)23-19(21-4)22-9-8-17-13-28-20(24-17)27-10-6-7-11-27/h13-14H,6-12H2,1-5H3,(H2,21,22,23). The SMILES string of the molecule is CN=C(NCCc1csc(N2CCCC2)n1)NC(C)Cc1c(C)nn(C)c1C. The molecule has 0 radical (unpaired) electrons. The Balaban J connectivity index is 1.45. The number of nitrogens with one attached hydrogen (secondary N) is 2. The fraction of sp³-hybridized carbons (Fsp3) is 0.650. The van der Waals surface area contributed by atoms with Crippen molar-refractivity contribution in [2.75, 3.05) is 31.6 Å². The minimum atomic E-state index is 0.272. The Morgan fingerprint density at radius 3 is 2.71 bits per heavy atom. The highest BCUT2D eigenvalue weighted by Gasteiger charge is 2.16. The molecular weight excluding hydrogens is 370 g/mol. The first kappa shape index (κ1) is 20.6. The smallest absolute Gasteiger partial charge is 0.191 e. The molecule has 1 fully saturated rings. The Labute approximate surface area is 172 Å². The fourth-order valence-corrected chi connectivity index (χ4v) is 4.59. The van der Waals surface area contributed by atoms with E-state index in [4.69, 9.17) is 4.98 Å². The number of thiazole rings is 1. The lowest BCUT2D eigenvalue weighted by atomic mass is 10.1. The monoisotopic (exact) mass is 403 g/mol. The van der Waals surface area contributed by atoms with Crippen molar-refractivity contribution < 1.29 is 0 Å². The summed E-state index contributed by atoms with van der Waals surface area (Å²) >= 11 is 1.76. The van der Waals surface area contributed by atoms with Gasteiger partial charge >= 0.3 is 0 Å². The van der Waals surface area contributed by atoms with E-state index >= 15 is 0 Å². The summed E-state index contributed by atoms with van der Waals surface area (Å²) in [6.07, 6.45) is 4.40. The van der Waals surface area contributed by atoms with E-state index in [0.717, 1.165) is 49.8 Å². The van der Waals surface area contributed by atoms with Gasteiger partial charge in [0.05, 0.1) is 11.4 Å². The average molecular weight is 404 g/mol. The minimum Gasteiger partial charge on any atom is -0.356 e. The minimum absolute atomic E-state index is 0.272. The summed E-state index contributed by atoms with van der Waals surface area (Å²) in [5, 5.41) is 14.8. The maximum atomic E-state index is 4.79. The predicted octanol–water partition coefficient (Wildman–Crippen LogP) is 2.43. The normalized spacial score (nSPS) is 15.9. The van der Waals surface area contributed by atoms with E-state index in [-0.39, 0.29) is 6.04 Å². The zero-order valence-corrected chi connectivity index (χ0v) is 18.6. The van der Waals surface area contributed by atoms with E-state index < -0.39 is 0 Å². The van der Waals surface area contributed by atoms with Gasteiger partial charge in [-0.2, -0.15) is 5.10 Å². The van der Waals surface area contributed by atoms with Gasteiger partial charge < -0.3 is 15.5 Å². The first-order chi connectivity index (χ1) is 13.5. The second-order valence-corrected chi connectivity index (χ2v) is 8.42. The van der Waals surface area contributed by atoms with Crippen LogP contribution in [0.3, 0.4) is 0 Å². The molecule has 1 aliphatic rings. The highest BCUT2D eigenvalue weighted by Crippen LogP contribution is 2.24. The van der Waals surface area contributed by atoms with Crippen molar-refractivity contribution in [3.63, 3.8) is 0 Å². The molecular formula is C20H33N7S. The van der Waals surface area contributed by atoms with Crippen molar-refractivity contribution in [1.82, 2.24) is 25.4 Å². The molecule has 1 aliphatic heterocycles. The van der Waals surface area contributed by atoms with E-state index in [1.807, 2.05) is 18.8 Å². The fourth-order valence-electron chi connectivity index (χ4n) is 3.67. The van der Waals surface area contributed by atoms with Crippen molar-refractivity contribution >= 4 is 22.4 Å². The number of anilines is 1. The van der Waals surface area contributed by atoms with Crippen molar-refractivity contribution in [1.29, 1.82) is 0 Å². The van der Waals surface area contributed by atoms with Crippen LogP contribution in [0.2, 0.25) is 0 Å². The second-order valence-electron chi connectivity index (χ2n) is 7.59. The summed E-state index contributed by atoms with van der Waals surface area (Å²) in [5.41, 5.74) is 4.81. The highest BCUT2D eigenvalue weighted by molar-refractivity contribution is 7.13. The van der Waals surface area contributed by atoms with Gasteiger partial charge in [0, 0.05) is 57.3 Å². The maximum absolute atomic E-state index is 4.79. The maximum Gasteiger partial charge on any atom is 0.191 e. The van der Waals surface area contributed by atoms with Crippen molar-refractivity contribution in [3.8, 4) is 0 Å². The van der Waals surface area contributed by atoms with Gasteiger partial charge in [-0.3, -0.25) is 9.67 Å². The summed E-state index contributed by atoms with van der Waals surface area (Å²) in [6.45, 7) is 9.50. The number of guanidine groups is 1. The molecule has 0 bridgehead atoms. The number of rotatable bonds is 7. The van der Waals surface area contributed by atoms with E-state index in [2.05, 4.69) is 51.8 Å². The second kappa shape index (κ2) is 9.41. The number of aryl methyl sites for hydroxylation is 2.